The van der Waals surface area contributed by atoms with Gasteiger partial charge < -0.3 is 9.31 Å². The van der Waals surface area contributed by atoms with E-state index < -0.39 is 0 Å². The van der Waals surface area contributed by atoms with Gasteiger partial charge in [0.2, 0.25) is 0 Å². The van der Waals surface area contributed by atoms with Crippen LogP contribution in [0.2, 0.25) is 5.82 Å². The van der Waals surface area contributed by atoms with Gasteiger partial charge >= 0.3 is 7.12 Å². The average molecular weight is 196 g/mol. The van der Waals surface area contributed by atoms with E-state index in [0.29, 0.717) is 5.82 Å². The van der Waals surface area contributed by atoms with Crippen molar-refractivity contribution in [1.82, 2.24) is 0 Å². The van der Waals surface area contributed by atoms with Gasteiger partial charge in [-0.2, -0.15) is 0 Å². The normalized spacial score (nSPS) is 35.1. The molecule has 0 aromatic rings. The van der Waals surface area contributed by atoms with Gasteiger partial charge in [0.25, 0.3) is 0 Å². The van der Waals surface area contributed by atoms with Crippen LogP contribution in [0.4, 0.5) is 0 Å². The monoisotopic (exact) mass is 196 g/mol. The Kier molecular flexibility index (Phi) is 3.50. The zero-order valence-corrected chi connectivity index (χ0v) is 9.37. The van der Waals surface area contributed by atoms with E-state index in [1.807, 2.05) is 0 Å². The van der Waals surface area contributed by atoms with Gasteiger partial charge in [0, 0.05) is 13.2 Å². The second-order valence-corrected chi connectivity index (χ2v) is 4.62. The van der Waals surface area contributed by atoms with Crippen molar-refractivity contribution in [3.05, 3.63) is 0 Å². The molecule has 2 aliphatic carbocycles. The highest BCUT2D eigenvalue weighted by atomic mass is 16.6. The topological polar surface area (TPSA) is 18.5 Å². The highest BCUT2D eigenvalue weighted by molar-refractivity contribution is 6.46. The average Bonchev–Trinajstić information content (AvgIpc) is 2.78. The summed E-state index contributed by atoms with van der Waals surface area (Å²) in [5.74, 6) is 2.56. The molecular formula is C11H21BO2. The van der Waals surface area contributed by atoms with Crippen molar-refractivity contribution in [1.29, 1.82) is 0 Å². The molecule has 3 atom stereocenters. The molecule has 0 aliphatic heterocycles. The lowest BCUT2D eigenvalue weighted by molar-refractivity contribution is 0.193. The zero-order valence-electron chi connectivity index (χ0n) is 9.37. The molecule has 0 N–H and O–H groups in total. The van der Waals surface area contributed by atoms with E-state index >= 15 is 0 Å². The molecule has 14 heavy (non-hydrogen) atoms. The molecule has 80 valence electrons. The van der Waals surface area contributed by atoms with Gasteiger partial charge in [-0.15, -0.1) is 0 Å². The van der Waals surface area contributed by atoms with E-state index in [2.05, 4.69) is 13.8 Å². The van der Waals surface area contributed by atoms with E-state index in [9.17, 15) is 0 Å². The Morgan fingerprint density at radius 3 is 2.21 bits per heavy atom. The van der Waals surface area contributed by atoms with E-state index in [1.54, 1.807) is 0 Å². The Morgan fingerprint density at radius 2 is 1.79 bits per heavy atom. The Labute approximate surface area is 87.5 Å². The molecule has 2 saturated carbocycles. The van der Waals surface area contributed by atoms with E-state index in [4.69, 9.17) is 9.31 Å². The maximum Gasteiger partial charge on any atom is 0.460 e. The SMILES string of the molecule is CCOB(OCC)[C@H]1C[C@@H]2CC[C@H]1C2. The predicted octanol–water partition coefficient (Wildman–Crippen LogP) is 2.74. The van der Waals surface area contributed by atoms with Crippen molar-refractivity contribution >= 4 is 7.12 Å². The molecule has 2 aliphatic rings. The molecule has 0 radical (unpaired) electrons. The van der Waals surface area contributed by atoms with Crippen molar-refractivity contribution in [2.45, 2.75) is 45.3 Å². The van der Waals surface area contributed by atoms with Crippen molar-refractivity contribution < 1.29 is 9.31 Å². The lowest BCUT2D eigenvalue weighted by atomic mass is 9.63. The van der Waals surface area contributed by atoms with Crippen LogP contribution in [0.25, 0.3) is 0 Å². The van der Waals surface area contributed by atoms with E-state index in [-0.39, 0.29) is 7.12 Å². The second kappa shape index (κ2) is 4.67. The van der Waals surface area contributed by atoms with Crippen molar-refractivity contribution in [2.24, 2.45) is 11.8 Å². The van der Waals surface area contributed by atoms with Crippen LogP contribution in [0.15, 0.2) is 0 Å². The summed E-state index contributed by atoms with van der Waals surface area (Å²) in [7, 11) is 0.0836. The molecule has 2 nitrogen and oxygen atoms in total. The first-order valence-corrected chi connectivity index (χ1v) is 6.08. The Hall–Kier alpha value is -0.0151. The van der Waals surface area contributed by atoms with Gasteiger partial charge in [0.1, 0.15) is 0 Å². The third-order valence-electron chi connectivity index (χ3n) is 3.80. The molecule has 0 heterocycles. The molecule has 2 bridgehead atoms. The molecule has 0 spiro atoms. The molecular weight excluding hydrogens is 175 g/mol. The Bertz CT molecular complexity index is 180. The van der Waals surface area contributed by atoms with Gasteiger partial charge in [0.15, 0.2) is 0 Å². The van der Waals surface area contributed by atoms with Gasteiger partial charge in [-0.05, 0) is 44.3 Å². The Morgan fingerprint density at radius 1 is 1.07 bits per heavy atom. The van der Waals surface area contributed by atoms with Crippen molar-refractivity contribution in [3.63, 3.8) is 0 Å². The first-order valence-electron chi connectivity index (χ1n) is 6.08. The standard InChI is InChI=1S/C11H21BO2/c1-3-13-12(14-4-2)11-8-9-5-6-10(11)7-9/h9-11H,3-8H2,1-2H3/t9-,10+,11+/m1/s1. The minimum atomic E-state index is 0.0836. The highest BCUT2D eigenvalue weighted by Crippen LogP contribution is 2.52. The smallest absolute Gasteiger partial charge is 0.411 e. The van der Waals surface area contributed by atoms with E-state index in [1.165, 1.54) is 25.7 Å². The molecule has 2 fully saturated rings. The molecule has 0 amide bonds. The maximum absolute atomic E-state index is 5.70. The van der Waals surface area contributed by atoms with Crippen LogP contribution in [-0.2, 0) is 9.31 Å². The van der Waals surface area contributed by atoms with Crippen molar-refractivity contribution in [3.8, 4) is 0 Å². The van der Waals surface area contributed by atoms with Gasteiger partial charge in [-0.3, -0.25) is 0 Å². The van der Waals surface area contributed by atoms with Crippen LogP contribution in [0.5, 0.6) is 0 Å². The molecule has 0 unspecified atom stereocenters. The summed E-state index contributed by atoms with van der Waals surface area (Å²) in [6.45, 7) is 5.66. The molecule has 0 saturated heterocycles. The molecule has 2 rings (SSSR count). The molecule has 0 aromatic carbocycles. The van der Waals surface area contributed by atoms with Crippen LogP contribution < -0.4 is 0 Å². The van der Waals surface area contributed by atoms with Crippen LogP contribution in [0, 0.1) is 11.8 Å². The minimum absolute atomic E-state index is 0.0836. The van der Waals surface area contributed by atoms with Crippen LogP contribution in [0.1, 0.15) is 39.5 Å². The summed E-state index contributed by atoms with van der Waals surface area (Å²) in [5.41, 5.74) is 0. The Balaban J connectivity index is 1.90. The van der Waals surface area contributed by atoms with Gasteiger partial charge in [-0.25, -0.2) is 0 Å². The third kappa shape index (κ3) is 1.99. The fourth-order valence-electron chi connectivity index (χ4n) is 3.25. The van der Waals surface area contributed by atoms with Crippen LogP contribution in [-0.4, -0.2) is 20.3 Å². The van der Waals surface area contributed by atoms with Crippen LogP contribution >= 0.6 is 0 Å². The summed E-state index contributed by atoms with van der Waals surface area (Å²) in [6, 6.07) is 0. The quantitative estimate of drug-likeness (QED) is 0.629. The molecule has 0 aromatic heterocycles. The summed E-state index contributed by atoms with van der Waals surface area (Å²) >= 11 is 0. The number of rotatable bonds is 5. The first-order chi connectivity index (χ1) is 6.85. The van der Waals surface area contributed by atoms with Crippen LogP contribution in [0.3, 0.4) is 0 Å². The maximum atomic E-state index is 5.70. The van der Waals surface area contributed by atoms with E-state index in [0.717, 1.165) is 25.0 Å². The number of hydrogen-bond acceptors (Lipinski definition) is 2. The van der Waals surface area contributed by atoms with Gasteiger partial charge in [-0.1, -0.05) is 12.8 Å². The third-order valence-corrected chi connectivity index (χ3v) is 3.80. The fraction of sp³-hybridized carbons (Fsp3) is 1.00. The predicted molar refractivity (Wildman–Crippen MR) is 58.2 cm³/mol. The largest absolute Gasteiger partial charge is 0.460 e. The molecule has 3 heteroatoms. The zero-order chi connectivity index (χ0) is 9.97. The first kappa shape index (κ1) is 10.5. The van der Waals surface area contributed by atoms with Crippen molar-refractivity contribution in [2.75, 3.05) is 13.2 Å². The lowest BCUT2D eigenvalue weighted by Crippen LogP contribution is -2.32. The van der Waals surface area contributed by atoms with Gasteiger partial charge in [0.05, 0.1) is 0 Å². The summed E-state index contributed by atoms with van der Waals surface area (Å²) in [6.07, 6.45) is 5.63. The fourth-order valence-corrected chi connectivity index (χ4v) is 3.25. The summed E-state index contributed by atoms with van der Waals surface area (Å²) in [4.78, 5) is 0. The second-order valence-electron chi connectivity index (χ2n) is 4.62. The number of fused-ring (bicyclic) bond motifs is 2. The minimum Gasteiger partial charge on any atom is -0.411 e. The number of hydrogen-bond donors (Lipinski definition) is 0. The summed E-state index contributed by atoms with van der Waals surface area (Å²) < 4.78 is 11.4. The highest BCUT2D eigenvalue weighted by Gasteiger charge is 2.46. The summed E-state index contributed by atoms with van der Waals surface area (Å²) in [5, 5.41) is 0. The lowest BCUT2D eigenvalue weighted by Gasteiger charge is -2.26.